The summed E-state index contributed by atoms with van der Waals surface area (Å²) in [6.45, 7) is 5.20. The van der Waals surface area contributed by atoms with Gasteiger partial charge in [0, 0.05) is 19.5 Å². The molecule has 1 aromatic heterocycles. The molecule has 1 N–H and O–H groups in total. The Morgan fingerprint density at radius 3 is 2.80 bits per heavy atom. The topological polar surface area (TPSA) is 70.5 Å². The zero-order chi connectivity index (χ0) is 14.7. The maximum atomic E-state index is 12.5. The molecule has 0 aromatic carbocycles. The van der Waals surface area contributed by atoms with Crippen LogP contribution in [0.25, 0.3) is 0 Å². The summed E-state index contributed by atoms with van der Waals surface area (Å²) in [6, 6.07) is 0. The first-order valence-corrected chi connectivity index (χ1v) is 7.74. The minimum Gasteiger partial charge on any atom is -0.481 e. The summed E-state index contributed by atoms with van der Waals surface area (Å²) in [5, 5.41) is 9.66. The van der Waals surface area contributed by atoms with Crippen molar-refractivity contribution in [2.45, 2.75) is 39.5 Å². The molecule has 0 bridgehead atoms. The first-order valence-electron chi connectivity index (χ1n) is 6.92. The number of aliphatic carboxylic acids is 1. The third-order valence-corrected chi connectivity index (χ3v) is 4.73. The Balaban J connectivity index is 1.99. The number of nitrogens with zero attached hydrogens (tertiary/aromatic N) is 2. The molecule has 0 radical (unpaired) electrons. The van der Waals surface area contributed by atoms with Crippen molar-refractivity contribution in [1.82, 2.24) is 9.88 Å². The van der Waals surface area contributed by atoms with Crippen LogP contribution in [0.4, 0.5) is 0 Å². The van der Waals surface area contributed by atoms with Gasteiger partial charge in [-0.05, 0) is 39.0 Å². The lowest BCUT2D eigenvalue weighted by Gasteiger charge is -2.32. The number of thiazole rings is 1. The van der Waals surface area contributed by atoms with Gasteiger partial charge in [0.25, 0.3) is 5.91 Å². The first-order chi connectivity index (χ1) is 9.47. The van der Waals surface area contributed by atoms with Crippen molar-refractivity contribution in [3.05, 3.63) is 15.6 Å². The smallest absolute Gasteiger partial charge is 0.303 e. The van der Waals surface area contributed by atoms with E-state index in [2.05, 4.69) is 4.98 Å². The molecule has 6 heteroatoms. The van der Waals surface area contributed by atoms with Crippen LogP contribution in [-0.4, -0.2) is 40.0 Å². The monoisotopic (exact) mass is 296 g/mol. The second-order valence-corrected chi connectivity index (χ2v) is 6.54. The summed E-state index contributed by atoms with van der Waals surface area (Å²) in [4.78, 5) is 30.0. The van der Waals surface area contributed by atoms with E-state index in [4.69, 9.17) is 5.11 Å². The molecule has 1 atom stereocenters. The van der Waals surface area contributed by atoms with Crippen molar-refractivity contribution in [3.8, 4) is 0 Å². The van der Waals surface area contributed by atoms with Crippen LogP contribution >= 0.6 is 11.3 Å². The summed E-state index contributed by atoms with van der Waals surface area (Å²) in [5.74, 6) is -0.409. The van der Waals surface area contributed by atoms with Crippen LogP contribution < -0.4 is 0 Å². The Bertz CT molecular complexity index is 513. The van der Waals surface area contributed by atoms with Gasteiger partial charge >= 0.3 is 5.97 Å². The molecule has 2 heterocycles. The molecule has 110 valence electrons. The highest BCUT2D eigenvalue weighted by Gasteiger charge is 2.26. The highest BCUT2D eigenvalue weighted by Crippen LogP contribution is 2.25. The molecular weight excluding hydrogens is 276 g/mol. The van der Waals surface area contributed by atoms with Crippen LogP contribution in [0.1, 0.15) is 46.1 Å². The summed E-state index contributed by atoms with van der Waals surface area (Å²) in [5.41, 5.74) is 0.796. The minimum absolute atomic E-state index is 0.0492. The molecule has 5 nitrogen and oxygen atoms in total. The third kappa shape index (κ3) is 3.56. The van der Waals surface area contributed by atoms with Gasteiger partial charge in [-0.25, -0.2) is 4.98 Å². The lowest BCUT2D eigenvalue weighted by atomic mass is 9.93. The number of piperidine rings is 1. The van der Waals surface area contributed by atoms with Gasteiger partial charge in [-0.2, -0.15) is 0 Å². The van der Waals surface area contributed by atoms with E-state index in [0.717, 1.165) is 35.0 Å². The van der Waals surface area contributed by atoms with E-state index >= 15 is 0 Å². The van der Waals surface area contributed by atoms with E-state index < -0.39 is 5.97 Å². The summed E-state index contributed by atoms with van der Waals surface area (Å²) >= 11 is 1.44. The van der Waals surface area contributed by atoms with Gasteiger partial charge in [-0.1, -0.05) is 0 Å². The van der Waals surface area contributed by atoms with Crippen molar-refractivity contribution in [2.24, 2.45) is 5.92 Å². The molecule has 20 heavy (non-hydrogen) atoms. The van der Waals surface area contributed by atoms with Crippen LogP contribution in [0.15, 0.2) is 0 Å². The molecule has 0 saturated carbocycles. The summed E-state index contributed by atoms with van der Waals surface area (Å²) < 4.78 is 0. The quantitative estimate of drug-likeness (QED) is 0.926. The summed E-state index contributed by atoms with van der Waals surface area (Å²) in [6.07, 6.45) is 2.80. The Kier molecular flexibility index (Phi) is 4.75. The second-order valence-electron chi connectivity index (χ2n) is 5.34. The predicted octanol–water partition coefficient (Wildman–Crippen LogP) is 2.48. The third-order valence-electron chi connectivity index (χ3n) is 3.67. The lowest BCUT2D eigenvalue weighted by Crippen LogP contribution is -2.40. The average molecular weight is 296 g/mol. The van der Waals surface area contributed by atoms with Gasteiger partial charge < -0.3 is 10.0 Å². The van der Waals surface area contributed by atoms with E-state index in [-0.39, 0.29) is 12.3 Å². The van der Waals surface area contributed by atoms with Crippen molar-refractivity contribution in [3.63, 3.8) is 0 Å². The first kappa shape index (κ1) is 15.0. The highest BCUT2D eigenvalue weighted by molar-refractivity contribution is 7.13. The van der Waals surface area contributed by atoms with Gasteiger partial charge in [-0.3, -0.25) is 9.59 Å². The zero-order valence-corrected chi connectivity index (χ0v) is 12.7. The molecule has 2 rings (SSSR count). The van der Waals surface area contributed by atoms with Crippen LogP contribution in [0, 0.1) is 19.8 Å². The number of carbonyl (C=O) groups is 2. The molecule has 1 fully saturated rings. The van der Waals surface area contributed by atoms with Gasteiger partial charge in [0.1, 0.15) is 4.88 Å². The number of carbonyl (C=O) groups excluding carboxylic acids is 1. The Labute approximate surface area is 122 Å². The number of hydrogen-bond donors (Lipinski definition) is 1. The number of rotatable bonds is 4. The van der Waals surface area contributed by atoms with E-state index in [1.54, 1.807) is 0 Å². The molecule has 0 aliphatic carbocycles. The molecule has 0 spiro atoms. The SMILES string of the molecule is Cc1nc(C)c(C(=O)N2CCC[C@@H](CCC(=O)O)C2)s1. The van der Waals surface area contributed by atoms with Crippen LogP contribution in [0.2, 0.25) is 0 Å². The number of amides is 1. The molecular formula is C14H20N2O3S. The number of carboxylic acids is 1. The highest BCUT2D eigenvalue weighted by atomic mass is 32.1. The average Bonchev–Trinajstić information content (AvgIpc) is 2.75. The Hall–Kier alpha value is -1.43. The largest absolute Gasteiger partial charge is 0.481 e. The molecule has 1 aromatic rings. The molecule has 0 unspecified atom stereocenters. The van der Waals surface area contributed by atoms with Gasteiger partial charge in [0.05, 0.1) is 10.7 Å². The van der Waals surface area contributed by atoms with Crippen molar-refractivity contribution >= 4 is 23.2 Å². The van der Waals surface area contributed by atoms with Crippen molar-refractivity contribution < 1.29 is 14.7 Å². The maximum absolute atomic E-state index is 12.5. The van der Waals surface area contributed by atoms with Crippen LogP contribution in [0.5, 0.6) is 0 Å². The van der Waals surface area contributed by atoms with Crippen molar-refractivity contribution in [2.75, 3.05) is 13.1 Å². The maximum Gasteiger partial charge on any atom is 0.303 e. The number of carboxylic acid groups (broad SMARTS) is 1. The van der Waals surface area contributed by atoms with Gasteiger partial charge in [-0.15, -0.1) is 11.3 Å². The Morgan fingerprint density at radius 2 is 2.20 bits per heavy atom. The van der Waals surface area contributed by atoms with Gasteiger partial charge in [0.15, 0.2) is 0 Å². The fourth-order valence-corrected chi connectivity index (χ4v) is 3.57. The Morgan fingerprint density at radius 1 is 1.45 bits per heavy atom. The lowest BCUT2D eigenvalue weighted by molar-refractivity contribution is -0.137. The fraction of sp³-hybridized carbons (Fsp3) is 0.643. The summed E-state index contributed by atoms with van der Waals surface area (Å²) in [7, 11) is 0. The fourth-order valence-electron chi connectivity index (χ4n) is 2.69. The van der Waals surface area contributed by atoms with Gasteiger partial charge in [0.2, 0.25) is 0 Å². The van der Waals surface area contributed by atoms with E-state index in [1.807, 2.05) is 18.7 Å². The number of likely N-dealkylation sites (tertiary alicyclic amines) is 1. The van der Waals surface area contributed by atoms with Crippen molar-refractivity contribution in [1.29, 1.82) is 0 Å². The predicted molar refractivity (Wildman–Crippen MR) is 77.1 cm³/mol. The second kappa shape index (κ2) is 6.35. The van der Waals surface area contributed by atoms with Crippen LogP contribution in [-0.2, 0) is 4.79 Å². The molecule has 1 aliphatic rings. The van der Waals surface area contributed by atoms with E-state index in [9.17, 15) is 9.59 Å². The minimum atomic E-state index is -0.762. The number of hydrogen-bond acceptors (Lipinski definition) is 4. The molecule has 1 saturated heterocycles. The number of aryl methyl sites for hydroxylation is 2. The number of aromatic nitrogens is 1. The normalized spacial score (nSPS) is 19.1. The van der Waals surface area contributed by atoms with E-state index in [1.165, 1.54) is 11.3 Å². The zero-order valence-electron chi connectivity index (χ0n) is 11.9. The standard InChI is InChI=1S/C14H20N2O3S/c1-9-13(20-10(2)15-9)14(19)16-7-3-4-11(8-16)5-6-12(17)18/h11H,3-8H2,1-2H3,(H,17,18)/t11-/m0/s1. The van der Waals surface area contributed by atoms with E-state index in [0.29, 0.717) is 18.9 Å². The molecule has 1 aliphatic heterocycles. The van der Waals surface area contributed by atoms with Crippen LogP contribution in [0.3, 0.4) is 0 Å². The molecule has 1 amide bonds.